The second kappa shape index (κ2) is 6.49. The van der Waals surface area contributed by atoms with Crippen LogP contribution in [0.15, 0.2) is 42.5 Å². The summed E-state index contributed by atoms with van der Waals surface area (Å²) in [6.07, 6.45) is 0. The van der Waals surface area contributed by atoms with Crippen LogP contribution < -0.4 is 5.32 Å². The van der Waals surface area contributed by atoms with Gasteiger partial charge in [0.15, 0.2) is 0 Å². The maximum atomic E-state index is 9.53. The zero-order valence-electron chi connectivity index (χ0n) is 11.4. The number of halogens is 2. The van der Waals surface area contributed by atoms with E-state index in [4.69, 9.17) is 23.2 Å². The Balaban J connectivity index is 2.15. The van der Waals surface area contributed by atoms with E-state index in [9.17, 15) is 5.11 Å². The summed E-state index contributed by atoms with van der Waals surface area (Å²) >= 11 is 12.3. The van der Waals surface area contributed by atoms with Gasteiger partial charge in [0.05, 0.1) is 10.0 Å². The topological polar surface area (TPSA) is 32.3 Å². The zero-order valence-corrected chi connectivity index (χ0v) is 12.9. The lowest BCUT2D eigenvalue weighted by Crippen LogP contribution is -2.22. The van der Waals surface area contributed by atoms with Crippen molar-refractivity contribution in [2.24, 2.45) is 0 Å². The first kappa shape index (κ1) is 15.2. The SMILES string of the molecule is CC(NC(C)c1cccc(Cl)c1Cl)c1cccc(O)c1. The van der Waals surface area contributed by atoms with E-state index in [1.165, 1.54) is 0 Å². The Morgan fingerprint density at radius 3 is 2.40 bits per heavy atom. The van der Waals surface area contributed by atoms with Crippen LogP contribution >= 0.6 is 23.2 Å². The van der Waals surface area contributed by atoms with Gasteiger partial charge in [0.25, 0.3) is 0 Å². The maximum Gasteiger partial charge on any atom is 0.115 e. The van der Waals surface area contributed by atoms with Crippen LogP contribution in [0.25, 0.3) is 0 Å². The van der Waals surface area contributed by atoms with E-state index < -0.39 is 0 Å². The van der Waals surface area contributed by atoms with Gasteiger partial charge in [-0.15, -0.1) is 0 Å². The van der Waals surface area contributed by atoms with E-state index >= 15 is 0 Å². The summed E-state index contributed by atoms with van der Waals surface area (Å²) in [7, 11) is 0. The lowest BCUT2D eigenvalue weighted by molar-refractivity contribution is 0.466. The van der Waals surface area contributed by atoms with Gasteiger partial charge in [-0.05, 0) is 43.2 Å². The van der Waals surface area contributed by atoms with Crippen LogP contribution in [-0.4, -0.2) is 5.11 Å². The third kappa shape index (κ3) is 3.45. The molecule has 0 amide bonds. The van der Waals surface area contributed by atoms with E-state index in [0.717, 1.165) is 11.1 Å². The molecule has 2 unspecified atom stereocenters. The molecule has 2 aromatic carbocycles. The fourth-order valence-corrected chi connectivity index (χ4v) is 2.68. The number of rotatable bonds is 4. The number of hydrogen-bond acceptors (Lipinski definition) is 2. The average molecular weight is 310 g/mol. The number of nitrogens with one attached hydrogen (secondary N) is 1. The zero-order chi connectivity index (χ0) is 14.7. The minimum Gasteiger partial charge on any atom is -0.508 e. The molecule has 0 saturated heterocycles. The van der Waals surface area contributed by atoms with Crippen LogP contribution in [0.4, 0.5) is 0 Å². The summed E-state index contributed by atoms with van der Waals surface area (Å²) in [5, 5.41) is 14.1. The van der Waals surface area contributed by atoms with E-state index in [1.807, 2.05) is 38.1 Å². The third-order valence-corrected chi connectivity index (χ3v) is 4.15. The first-order valence-electron chi connectivity index (χ1n) is 6.48. The van der Waals surface area contributed by atoms with Gasteiger partial charge in [-0.25, -0.2) is 0 Å². The Bertz CT molecular complexity index is 601. The van der Waals surface area contributed by atoms with Crippen LogP contribution in [0.2, 0.25) is 10.0 Å². The summed E-state index contributed by atoms with van der Waals surface area (Å²) in [4.78, 5) is 0. The predicted molar refractivity (Wildman–Crippen MR) is 84.5 cm³/mol. The van der Waals surface area contributed by atoms with Crippen LogP contribution in [-0.2, 0) is 0 Å². The predicted octanol–water partition coefficient (Wildman–Crippen LogP) is 5.11. The molecule has 0 aliphatic heterocycles. The molecule has 0 radical (unpaired) electrons. The van der Waals surface area contributed by atoms with Gasteiger partial charge in [0.2, 0.25) is 0 Å². The van der Waals surface area contributed by atoms with Crippen LogP contribution in [0.5, 0.6) is 5.75 Å². The number of aromatic hydroxyl groups is 1. The highest BCUT2D eigenvalue weighted by Crippen LogP contribution is 2.31. The summed E-state index contributed by atoms with van der Waals surface area (Å²) < 4.78 is 0. The minimum absolute atomic E-state index is 0.0542. The van der Waals surface area contributed by atoms with Gasteiger partial charge in [-0.3, -0.25) is 0 Å². The van der Waals surface area contributed by atoms with Crippen molar-refractivity contribution in [3.63, 3.8) is 0 Å². The Morgan fingerprint density at radius 1 is 1.00 bits per heavy atom. The van der Waals surface area contributed by atoms with Gasteiger partial charge in [0.1, 0.15) is 5.75 Å². The molecular formula is C16H17Cl2NO. The summed E-state index contributed by atoms with van der Waals surface area (Å²) in [5.74, 6) is 0.268. The minimum atomic E-state index is 0.0542. The highest BCUT2D eigenvalue weighted by molar-refractivity contribution is 6.42. The van der Waals surface area contributed by atoms with Gasteiger partial charge >= 0.3 is 0 Å². The highest BCUT2D eigenvalue weighted by atomic mass is 35.5. The second-order valence-corrected chi connectivity index (χ2v) is 5.63. The molecule has 0 aliphatic rings. The number of hydrogen-bond donors (Lipinski definition) is 2. The molecule has 4 heteroatoms. The maximum absolute atomic E-state index is 9.53. The Kier molecular flexibility index (Phi) is 4.92. The van der Waals surface area contributed by atoms with Crippen molar-refractivity contribution in [1.82, 2.24) is 5.32 Å². The molecular weight excluding hydrogens is 293 g/mol. The van der Waals surface area contributed by atoms with Gasteiger partial charge < -0.3 is 10.4 Å². The van der Waals surface area contributed by atoms with Crippen LogP contribution in [0.3, 0.4) is 0 Å². The van der Waals surface area contributed by atoms with E-state index in [2.05, 4.69) is 5.32 Å². The fraction of sp³-hybridized carbons (Fsp3) is 0.250. The van der Waals surface area contributed by atoms with Crippen molar-refractivity contribution in [2.45, 2.75) is 25.9 Å². The monoisotopic (exact) mass is 309 g/mol. The van der Waals surface area contributed by atoms with E-state index in [1.54, 1.807) is 18.2 Å². The summed E-state index contributed by atoms with van der Waals surface area (Å²) in [5.41, 5.74) is 1.99. The molecule has 2 N–H and O–H groups in total. The van der Waals surface area contributed by atoms with Crippen molar-refractivity contribution < 1.29 is 5.11 Å². The molecule has 0 heterocycles. The van der Waals surface area contributed by atoms with Crippen LogP contribution in [0, 0.1) is 0 Å². The quantitative estimate of drug-likeness (QED) is 0.822. The number of benzene rings is 2. The molecule has 0 bridgehead atoms. The molecule has 0 aliphatic carbocycles. The molecule has 0 aromatic heterocycles. The van der Waals surface area contributed by atoms with Gasteiger partial charge in [0, 0.05) is 12.1 Å². The van der Waals surface area contributed by atoms with Crippen molar-refractivity contribution in [2.75, 3.05) is 0 Å². The van der Waals surface area contributed by atoms with Crippen molar-refractivity contribution >= 4 is 23.2 Å². The standard InChI is InChI=1S/C16H17Cl2NO/c1-10(12-5-3-6-13(20)9-12)19-11(2)14-7-4-8-15(17)16(14)18/h3-11,19-20H,1-2H3. The summed E-state index contributed by atoms with van der Waals surface area (Å²) in [6, 6.07) is 13.0. The molecule has 2 nitrogen and oxygen atoms in total. The molecule has 2 aromatic rings. The van der Waals surface area contributed by atoms with Gasteiger partial charge in [-0.2, -0.15) is 0 Å². The Morgan fingerprint density at radius 2 is 1.70 bits per heavy atom. The molecule has 0 fully saturated rings. The average Bonchev–Trinajstić information content (AvgIpc) is 2.41. The van der Waals surface area contributed by atoms with E-state index in [0.29, 0.717) is 10.0 Å². The smallest absolute Gasteiger partial charge is 0.115 e. The summed E-state index contributed by atoms with van der Waals surface area (Å²) in [6.45, 7) is 4.08. The van der Waals surface area contributed by atoms with E-state index in [-0.39, 0.29) is 17.8 Å². The fourth-order valence-electron chi connectivity index (χ4n) is 2.21. The largest absolute Gasteiger partial charge is 0.508 e. The number of phenolic OH excluding ortho intramolecular Hbond substituents is 1. The lowest BCUT2D eigenvalue weighted by Gasteiger charge is -2.22. The molecule has 0 spiro atoms. The van der Waals surface area contributed by atoms with Crippen molar-refractivity contribution in [3.05, 3.63) is 63.6 Å². The normalized spacial score (nSPS) is 14.0. The van der Waals surface area contributed by atoms with Crippen molar-refractivity contribution in [3.8, 4) is 5.75 Å². The lowest BCUT2D eigenvalue weighted by atomic mass is 10.0. The van der Waals surface area contributed by atoms with Crippen LogP contribution in [0.1, 0.15) is 37.1 Å². The first-order chi connectivity index (χ1) is 9.49. The third-order valence-electron chi connectivity index (χ3n) is 3.32. The van der Waals surface area contributed by atoms with Crippen molar-refractivity contribution in [1.29, 1.82) is 0 Å². The Hall–Kier alpha value is -1.22. The molecule has 0 saturated carbocycles. The van der Waals surface area contributed by atoms with Gasteiger partial charge in [-0.1, -0.05) is 47.5 Å². The molecule has 106 valence electrons. The first-order valence-corrected chi connectivity index (χ1v) is 7.23. The molecule has 2 rings (SSSR count). The number of phenols is 1. The Labute approximate surface area is 129 Å². The highest BCUT2D eigenvalue weighted by Gasteiger charge is 2.15. The second-order valence-electron chi connectivity index (χ2n) is 4.85. The molecule has 2 atom stereocenters. The molecule has 20 heavy (non-hydrogen) atoms.